The van der Waals surface area contributed by atoms with Crippen LogP contribution in [0.15, 0.2) is 36.5 Å². The molecule has 7 rings (SSSR count). The van der Waals surface area contributed by atoms with Crippen molar-refractivity contribution in [3.63, 3.8) is 0 Å². The molecular weight excluding hydrogens is 767 g/mol. The highest BCUT2D eigenvalue weighted by Gasteiger charge is 2.67. The molecule has 4 bridgehead atoms. The number of aryl methyl sites for hydroxylation is 1. The van der Waals surface area contributed by atoms with Gasteiger partial charge < -0.3 is 25.0 Å². The molecule has 4 aliphatic rings. The predicted molar refractivity (Wildman–Crippen MR) is 200 cm³/mol. The third-order valence-electron chi connectivity index (χ3n) is 10.9. The van der Waals surface area contributed by atoms with E-state index in [1.54, 1.807) is 57.3 Å². The normalized spacial score (nSPS) is 26.6. The summed E-state index contributed by atoms with van der Waals surface area (Å²) in [7, 11) is -4.15. The molecule has 3 fully saturated rings. The molecule has 2 aromatic heterocycles. The van der Waals surface area contributed by atoms with E-state index in [1.807, 2.05) is 18.6 Å². The average Bonchev–Trinajstić information content (AvgIpc) is 4.08. The number of cyclic esters (lactones) is 1. The van der Waals surface area contributed by atoms with Crippen LogP contribution in [0.4, 0.5) is 13.6 Å². The first kappa shape index (κ1) is 40.1. The number of carbonyl (C=O) groups excluding carboxylic acids is 4. The number of sulfonamides is 1. The molecule has 19 heteroatoms. The second kappa shape index (κ2) is 14.7. The van der Waals surface area contributed by atoms with E-state index in [0.717, 1.165) is 0 Å². The minimum atomic E-state index is -4.15. The highest BCUT2D eigenvalue weighted by atomic mass is 32.2. The molecule has 16 nitrogen and oxygen atoms in total. The van der Waals surface area contributed by atoms with E-state index in [4.69, 9.17) is 24.4 Å². The van der Waals surface area contributed by atoms with Crippen molar-refractivity contribution < 1.29 is 45.9 Å². The van der Waals surface area contributed by atoms with Crippen molar-refractivity contribution in [3.8, 4) is 17.4 Å². The van der Waals surface area contributed by atoms with E-state index in [-0.39, 0.29) is 37.0 Å². The molecule has 3 N–H and O–H groups in total. The topological polar surface area (TPSA) is 212 Å². The van der Waals surface area contributed by atoms with Gasteiger partial charge in [-0.05, 0) is 61.1 Å². The molecule has 1 aromatic carbocycles. The lowest BCUT2D eigenvalue weighted by Crippen LogP contribution is -2.60. The Morgan fingerprint density at radius 1 is 1.05 bits per heavy atom. The molecule has 0 spiro atoms. The van der Waals surface area contributed by atoms with Crippen LogP contribution in [0.2, 0.25) is 0 Å². The second-order valence-corrected chi connectivity index (χ2v) is 19.1. The van der Waals surface area contributed by atoms with Crippen molar-refractivity contribution in [1.29, 1.82) is 0 Å². The Labute approximate surface area is 328 Å². The number of alkyl halides is 2. The molecular formula is C38H46F2N8O8S. The van der Waals surface area contributed by atoms with Gasteiger partial charge in [-0.15, -0.1) is 0 Å². The van der Waals surface area contributed by atoms with Crippen LogP contribution in [0.3, 0.4) is 0 Å². The fraction of sp³-hybridized carbons (Fsp3) is 0.579. The summed E-state index contributed by atoms with van der Waals surface area (Å²) in [6.45, 7) is 8.75. The molecule has 2 saturated carbocycles. The number of nitrogens with one attached hydrogen (secondary N) is 3. The number of hydrogen-bond acceptors (Lipinski definition) is 12. The summed E-state index contributed by atoms with van der Waals surface area (Å²) in [6, 6.07) is 6.17. The van der Waals surface area contributed by atoms with Crippen LogP contribution in [0, 0.1) is 16.7 Å². The van der Waals surface area contributed by atoms with Crippen LogP contribution in [0.1, 0.15) is 72.4 Å². The van der Waals surface area contributed by atoms with Gasteiger partial charge in [0.05, 0.1) is 35.4 Å². The van der Waals surface area contributed by atoms with Crippen LogP contribution >= 0.6 is 0 Å². The Hall–Kier alpha value is -5.07. The third-order valence-corrected chi connectivity index (χ3v) is 12.7. The Balaban J connectivity index is 1.28. The second-order valence-electron chi connectivity index (χ2n) is 17.2. The van der Waals surface area contributed by atoms with Gasteiger partial charge in [-0.25, -0.2) is 41.9 Å². The predicted octanol–water partition coefficient (Wildman–Crippen LogP) is 3.30. The van der Waals surface area contributed by atoms with E-state index in [9.17, 15) is 36.4 Å². The highest BCUT2D eigenvalue weighted by Crippen LogP contribution is 2.48. The van der Waals surface area contributed by atoms with Crippen LogP contribution < -0.4 is 20.1 Å². The lowest BCUT2D eigenvalue weighted by molar-refractivity contribution is -0.143. The van der Waals surface area contributed by atoms with Crippen molar-refractivity contribution in [2.75, 3.05) is 13.2 Å². The summed E-state index contributed by atoms with van der Waals surface area (Å²) in [5.74, 6) is -4.41. The van der Waals surface area contributed by atoms with E-state index in [1.165, 1.54) is 4.90 Å². The summed E-state index contributed by atoms with van der Waals surface area (Å²) in [5.41, 5.74) is -1.79. The quantitative estimate of drug-likeness (QED) is 0.328. The van der Waals surface area contributed by atoms with Crippen molar-refractivity contribution in [2.45, 2.75) is 109 Å². The van der Waals surface area contributed by atoms with Crippen molar-refractivity contribution in [1.82, 2.24) is 40.2 Å². The maximum Gasteiger partial charge on any atom is 0.407 e. The summed E-state index contributed by atoms with van der Waals surface area (Å²) in [6.07, 6.45) is -2.34. The number of amides is 4. The minimum Gasteiger partial charge on any atom is -0.471 e. The summed E-state index contributed by atoms with van der Waals surface area (Å²) < 4.78 is 67.7. The first-order chi connectivity index (χ1) is 26.8. The number of ether oxygens (including phenoxy) is 2. The van der Waals surface area contributed by atoms with Crippen LogP contribution in [-0.4, -0.2) is 106 Å². The number of alkyl carbamates (subject to hydrolysis) is 1. The smallest absolute Gasteiger partial charge is 0.407 e. The third kappa shape index (κ3) is 8.48. The summed E-state index contributed by atoms with van der Waals surface area (Å²) in [5, 5.41) is 4.27. The maximum atomic E-state index is 14.6. The number of hydrogen-bond donors (Lipinski definition) is 3. The lowest BCUT2D eigenvalue weighted by atomic mass is 9.85. The fourth-order valence-electron chi connectivity index (χ4n) is 7.21. The number of benzene rings is 1. The molecule has 0 unspecified atom stereocenters. The fourth-order valence-corrected chi connectivity index (χ4v) is 8.57. The monoisotopic (exact) mass is 812 g/mol. The van der Waals surface area contributed by atoms with Gasteiger partial charge in [0, 0.05) is 18.3 Å². The van der Waals surface area contributed by atoms with E-state index in [0.29, 0.717) is 42.4 Å². The molecule has 3 aromatic rings. The summed E-state index contributed by atoms with van der Waals surface area (Å²) in [4.78, 5) is 75.6. The van der Waals surface area contributed by atoms with E-state index < -0.39 is 92.4 Å². The summed E-state index contributed by atoms with van der Waals surface area (Å²) >= 11 is 0. The maximum absolute atomic E-state index is 14.6. The highest BCUT2D eigenvalue weighted by molar-refractivity contribution is 7.91. The van der Waals surface area contributed by atoms with Gasteiger partial charge >= 0.3 is 6.09 Å². The van der Waals surface area contributed by atoms with E-state index in [2.05, 4.69) is 15.6 Å². The zero-order valence-corrected chi connectivity index (χ0v) is 33.1. The molecule has 2 aliphatic carbocycles. The van der Waals surface area contributed by atoms with Gasteiger partial charge in [0.25, 0.3) is 5.91 Å². The number of rotatable bonds is 6. The van der Waals surface area contributed by atoms with Gasteiger partial charge in [0.2, 0.25) is 34.1 Å². The zero-order chi connectivity index (χ0) is 41.1. The number of aromatic nitrogens is 4. The molecule has 1 saturated heterocycles. The van der Waals surface area contributed by atoms with Crippen LogP contribution in [0.25, 0.3) is 22.6 Å². The number of halogens is 2. The molecule has 2 aliphatic heterocycles. The standard InChI is InChI=1S/C38H46F2N8O8S/c1-36(2,3)28-33(50)48-18-21(16-26(48)31(49)46-38(17-23(38)29(39)40)34(51)47-57(53,54)22-10-11-22)56-32-27(43-24-8-6-7-9-25(24)44-32)30-41-15-13-20(42-30)12-14-37(4,5)19-55-35(52)45-28/h6-9,13,15,21-23,26,28-29H,10-12,14,16-19H2,1-5H3,(H,45,52)(H,46,49)(H,47,51)/t21-,23+,26+,28-,38+/m1/s1. The van der Waals surface area contributed by atoms with Crippen LogP contribution in [-0.2, 0) is 35.6 Å². The number of para-hydroxylation sites is 2. The lowest BCUT2D eigenvalue weighted by Gasteiger charge is -2.35. The Kier molecular flexibility index (Phi) is 10.4. The number of fused-ring (bicyclic) bond motifs is 7. The zero-order valence-electron chi connectivity index (χ0n) is 32.3. The van der Waals surface area contributed by atoms with E-state index >= 15 is 0 Å². The largest absolute Gasteiger partial charge is 0.471 e. The average molecular weight is 813 g/mol. The number of carbonyl (C=O) groups is 4. The SMILES string of the molecule is CC1(C)CCc2ccnc(n2)-c2nc3ccccc3nc2O[C@@H]2C[C@@H](C(=O)N[C@@]3(C(=O)NS(=O)(=O)C4CC4)C[C@H]3C(F)F)N(C2)C(=O)[C@H](C(C)(C)C)NC(=O)OC1. The molecule has 0 radical (unpaired) electrons. The first-order valence-corrected chi connectivity index (χ1v) is 20.5. The Bertz CT molecular complexity index is 2220. The first-order valence-electron chi connectivity index (χ1n) is 18.9. The molecule has 4 amide bonds. The minimum absolute atomic E-state index is 0.00129. The van der Waals surface area contributed by atoms with Gasteiger partial charge in [0.15, 0.2) is 11.5 Å². The van der Waals surface area contributed by atoms with Gasteiger partial charge in [-0.2, -0.15) is 0 Å². The van der Waals surface area contributed by atoms with Crippen molar-refractivity contribution in [2.24, 2.45) is 16.7 Å². The van der Waals surface area contributed by atoms with Gasteiger partial charge in [0.1, 0.15) is 23.7 Å². The van der Waals surface area contributed by atoms with Gasteiger partial charge in [-0.1, -0.05) is 46.8 Å². The number of nitrogens with zero attached hydrogens (tertiary/aromatic N) is 5. The van der Waals surface area contributed by atoms with Gasteiger partial charge in [-0.3, -0.25) is 19.1 Å². The van der Waals surface area contributed by atoms with Crippen LogP contribution in [0.5, 0.6) is 5.88 Å². The molecule has 5 atom stereocenters. The Morgan fingerprint density at radius 2 is 1.75 bits per heavy atom. The Morgan fingerprint density at radius 3 is 2.40 bits per heavy atom. The van der Waals surface area contributed by atoms with Crippen molar-refractivity contribution in [3.05, 3.63) is 42.2 Å². The molecule has 57 heavy (non-hydrogen) atoms. The molecule has 4 heterocycles. The molecule has 306 valence electrons. The van der Waals surface area contributed by atoms with Crippen molar-refractivity contribution >= 4 is 44.9 Å².